The molecule has 0 aromatic carbocycles. The van der Waals surface area contributed by atoms with Gasteiger partial charge in [0.1, 0.15) is 36.4 Å². The molecule has 3 aliphatic rings. The highest BCUT2D eigenvalue weighted by atomic mass is 16.6. The molecule has 0 bridgehead atoms. The molecular formula is C15H25NO6. The third kappa shape index (κ3) is 2.70. The summed E-state index contributed by atoms with van der Waals surface area (Å²) in [5.41, 5.74) is 0. The van der Waals surface area contributed by atoms with Crippen LogP contribution in [0.15, 0.2) is 0 Å². The van der Waals surface area contributed by atoms with Crippen molar-refractivity contribution in [2.45, 2.75) is 68.8 Å². The van der Waals surface area contributed by atoms with Crippen molar-refractivity contribution < 1.29 is 30.0 Å². The van der Waals surface area contributed by atoms with E-state index in [9.17, 15) is 25.2 Å². The van der Waals surface area contributed by atoms with E-state index in [-0.39, 0.29) is 17.7 Å². The zero-order valence-electron chi connectivity index (χ0n) is 12.5. The number of ketones is 1. The Morgan fingerprint density at radius 2 is 1.82 bits per heavy atom. The SMILES string of the molecule is O=C1CCN(C2O[C@H](CO)[C@H](O)[C@H](O)[C@H]2O)C2CCCCC12. The lowest BCUT2D eigenvalue weighted by atomic mass is 9.77. The lowest BCUT2D eigenvalue weighted by Crippen LogP contribution is -2.67. The number of carbonyl (C=O) groups excluding carboxylic acids is 1. The number of Topliss-reactive ketones (excluding diaryl/α,β-unsaturated/α-hetero) is 1. The number of likely N-dealkylation sites (tertiary alicyclic amines) is 1. The molecule has 0 radical (unpaired) electrons. The average Bonchev–Trinajstić information content (AvgIpc) is 2.54. The fraction of sp³-hybridized carbons (Fsp3) is 0.933. The van der Waals surface area contributed by atoms with Crippen molar-refractivity contribution in [1.29, 1.82) is 0 Å². The maximum absolute atomic E-state index is 12.1. The summed E-state index contributed by atoms with van der Waals surface area (Å²) in [6.45, 7) is 0.0466. The lowest BCUT2D eigenvalue weighted by Gasteiger charge is -2.51. The molecule has 126 valence electrons. The summed E-state index contributed by atoms with van der Waals surface area (Å²) in [7, 11) is 0. The summed E-state index contributed by atoms with van der Waals surface area (Å²) in [6.07, 6.45) is -1.46. The molecule has 1 aliphatic carbocycles. The number of aliphatic hydroxyl groups is 4. The van der Waals surface area contributed by atoms with E-state index in [2.05, 4.69) is 0 Å². The summed E-state index contributed by atoms with van der Waals surface area (Å²) < 4.78 is 5.66. The summed E-state index contributed by atoms with van der Waals surface area (Å²) in [5, 5.41) is 39.4. The van der Waals surface area contributed by atoms with Crippen LogP contribution in [-0.4, -0.2) is 80.9 Å². The van der Waals surface area contributed by atoms with Crippen molar-refractivity contribution >= 4 is 5.78 Å². The number of nitrogens with zero attached hydrogens (tertiary/aromatic N) is 1. The van der Waals surface area contributed by atoms with Crippen LogP contribution in [0.3, 0.4) is 0 Å². The molecule has 7 atom stereocenters. The number of piperidine rings is 1. The predicted octanol–water partition coefficient (Wildman–Crippen LogP) is -1.38. The van der Waals surface area contributed by atoms with Gasteiger partial charge >= 0.3 is 0 Å². The highest BCUT2D eigenvalue weighted by Gasteiger charge is 2.50. The first-order valence-corrected chi connectivity index (χ1v) is 8.13. The Morgan fingerprint density at radius 1 is 1.09 bits per heavy atom. The molecule has 22 heavy (non-hydrogen) atoms. The second-order valence-electron chi connectivity index (χ2n) is 6.63. The third-order valence-electron chi connectivity index (χ3n) is 5.38. The number of aliphatic hydroxyl groups excluding tert-OH is 4. The first kappa shape index (κ1) is 16.3. The summed E-state index contributed by atoms with van der Waals surface area (Å²) in [5.74, 6) is 0.236. The topological polar surface area (TPSA) is 110 Å². The van der Waals surface area contributed by atoms with Gasteiger partial charge in [0.05, 0.1) is 6.61 Å². The second-order valence-corrected chi connectivity index (χ2v) is 6.63. The van der Waals surface area contributed by atoms with E-state index in [1.807, 2.05) is 4.90 Å². The van der Waals surface area contributed by atoms with Crippen molar-refractivity contribution in [3.63, 3.8) is 0 Å². The molecule has 0 aromatic rings. The van der Waals surface area contributed by atoms with Gasteiger partial charge in [-0.3, -0.25) is 9.69 Å². The van der Waals surface area contributed by atoms with Crippen LogP contribution in [0.4, 0.5) is 0 Å². The first-order chi connectivity index (χ1) is 10.5. The van der Waals surface area contributed by atoms with Crippen LogP contribution in [0, 0.1) is 5.92 Å². The van der Waals surface area contributed by atoms with E-state index in [4.69, 9.17) is 4.74 Å². The largest absolute Gasteiger partial charge is 0.394 e. The standard InChI is InChI=1S/C15H25NO6/c17-7-11-12(19)13(20)14(21)15(22-11)16-6-5-10(18)8-3-1-2-4-9(8)16/h8-9,11-15,17,19-21H,1-7H2/t8?,9?,11-,12+,13+,14-,15?/m1/s1. The Morgan fingerprint density at radius 3 is 2.55 bits per heavy atom. The Bertz CT molecular complexity index is 417. The Balaban J connectivity index is 1.80. The number of ether oxygens (including phenoxy) is 1. The zero-order chi connectivity index (χ0) is 15.9. The summed E-state index contributed by atoms with van der Waals surface area (Å²) >= 11 is 0. The number of hydrogen-bond acceptors (Lipinski definition) is 7. The van der Waals surface area contributed by atoms with E-state index in [1.165, 1.54) is 0 Å². The predicted molar refractivity (Wildman–Crippen MR) is 75.8 cm³/mol. The number of fused-ring (bicyclic) bond motifs is 1. The molecule has 2 aliphatic heterocycles. The van der Waals surface area contributed by atoms with E-state index >= 15 is 0 Å². The zero-order valence-corrected chi connectivity index (χ0v) is 12.5. The molecule has 3 rings (SSSR count). The quantitative estimate of drug-likeness (QED) is 0.497. The van der Waals surface area contributed by atoms with Crippen molar-refractivity contribution in [2.24, 2.45) is 5.92 Å². The summed E-state index contributed by atoms with van der Waals surface area (Å²) in [4.78, 5) is 14.1. The van der Waals surface area contributed by atoms with Gasteiger partial charge < -0.3 is 25.2 Å². The number of hydrogen-bond donors (Lipinski definition) is 4. The molecule has 7 nitrogen and oxygen atoms in total. The van der Waals surface area contributed by atoms with E-state index < -0.39 is 37.3 Å². The third-order valence-corrected chi connectivity index (χ3v) is 5.38. The van der Waals surface area contributed by atoms with Crippen LogP contribution in [0.2, 0.25) is 0 Å². The molecule has 4 N–H and O–H groups in total. The van der Waals surface area contributed by atoms with Crippen LogP contribution < -0.4 is 0 Å². The minimum Gasteiger partial charge on any atom is -0.394 e. The maximum atomic E-state index is 12.1. The highest BCUT2D eigenvalue weighted by molar-refractivity contribution is 5.82. The van der Waals surface area contributed by atoms with Gasteiger partial charge in [-0.1, -0.05) is 12.8 Å². The van der Waals surface area contributed by atoms with Crippen LogP contribution >= 0.6 is 0 Å². The van der Waals surface area contributed by atoms with Crippen LogP contribution in [0.25, 0.3) is 0 Å². The van der Waals surface area contributed by atoms with Gasteiger partial charge in [0, 0.05) is 24.9 Å². The Kier molecular flexibility index (Phi) is 4.82. The molecule has 1 saturated carbocycles. The number of carbonyl (C=O) groups is 1. The molecular weight excluding hydrogens is 290 g/mol. The van der Waals surface area contributed by atoms with Crippen molar-refractivity contribution in [1.82, 2.24) is 4.90 Å². The first-order valence-electron chi connectivity index (χ1n) is 8.13. The second kappa shape index (κ2) is 6.51. The molecule has 2 heterocycles. The van der Waals surface area contributed by atoms with Gasteiger partial charge in [0.25, 0.3) is 0 Å². The van der Waals surface area contributed by atoms with Gasteiger partial charge in [-0.15, -0.1) is 0 Å². The maximum Gasteiger partial charge on any atom is 0.140 e. The van der Waals surface area contributed by atoms with Crippen molar-refractivity contribution in [3.05, 3.63) is 0 Å². The smallest absolute Gasteiger partial charge is 0.140 e. The van der Waals surface area contributed by atoms with Crippen LogP contribution in [0.5, 0.6) is 0 Å². The van der Waals surface area contributed by atoms with E-state index in [0.717, 1.165) is 25.7 Å². The van der Waals surface area contributed by atoms with Gasteiger partial charge in [-0.05, 0) is 12.8 Å². The minimum absolute atomic E-state index is 0.0106. The van der Waals surface area contributed by atoms with Crippen LogP contribution in [-0.2, 0) is 9.53 Å². The summed E-state index contributed by atoms with van der Waals surface area (Å²) in [6, 6.07) is 0.0106. The van der Waals surface area contributed by atoms with Crippen molar-refractivity contribution in [3.8, 4) is 0 Å². The molecule has 0 aromatic heterocycles. The molecule has 3 fully saturated rings. The van der Waals surface area contributed by atoms with Gasteiger partial charge in [0.2, 0.25) is 0 Å². The van der Waals surface area contributed by atoms with Crippen LogP contribution in [0.1, 0.15) is 32.1 Å². The monoisotopic (exact) mass is 315 g/mol. The average molecular weight is 315 g/mol. The molecule has 7 heteroatoms. The lowest BCUT2D eigenvalue weighted by molar-refractivity contribution is -0.274. The van der Waals surface area contributed by atoms with Crippen molar-refractivity contribution in [2.75, 3.05) is 13.2 Å². The molecule has 3 unspecified atom stereocenters. The van der Waals surface area contributed by atoms with Gasteiger partial charge in [0.15, 0.2) is 0 Å². The van der Waals surface area contributed by atoms with Gasteiger partial charge in [-0.25, -0.2) is 0 Å². The molecule has 0 spiro atoms. The van der Waals surface area contributed by atoms with E-state index in [0.29, 0.717) is 13.0 Å². The molecule has 2 saturated heterocycles. The normalized spacial score (nSPS) is 47.3. The minimum atomic E-state index is -1.37. The molecule has 0 amide bonds. The number of rotatable bonds is 2. The Hall–Kier alpha value is -0.570. The van der Waals surface area contributed by atoms with E-state index in [1.54, 1.807) is 0 Å². The Labute approximate surface area is 129 Å². The highest BCUT2D eigenvalue weighted by Crippen LogP contribution is 2.37. The fourth-order valence-corrected chi connectivity index (χ4v) is 4.15. The fourth-order valence-electron chi connectivity index (χ4n) is 4.15. The van der Waals surface area contributed by atoms with Gasteiger partial charge in [-0.2, -0.15) is 0 Å².